The second kappa shape index (κ2) is 5.07. The smallest absolute Gasteiger partial charge is 0.328 e. The summed E-state index contributed by atoms with van der Waals surface area (Å²) in [5, 5.41) is 10.1. The fraction of sp³-hybridized carbons (Fsp3) is 0.667. The van der Waals surface area contributed by atoms with Crippen molar-refractivity contribution in [3.63, 3.8) is 0 Å². The number of nitrogens with zero attached hydrogens (tertiary/aromatic N) is 1. The highest BCUT2D eigenvalue weighted by Crippen LogP contribution is 2.37. The van der Waals surface area contributed by atoms with E-state index in [4.69, 9.17) is 4.74 Å². The van der Waals surface area contributed by atoms with Crippen molar-refractivity contribution in [2.75, 3.05) is 7.11 Å². The zero-order valence-electron chi connectivity index (χ0n) is 10.5. The minimum atomic E-state index is -0.580. The topological polar surface area (TPSA) is 84.3 Å². The lowest BCUT2D eigenvalue weighted by molar-refractivity contribution is -0.0238. The van der Waals surface area contributed by atoms with Gasteiger partial charge in [-0.1, -0.05) is 13.3 Å². The van der Waals surface area contributed by atoms with Crippen LogP contribution in [0.4, 0.5) is 0 Å². The maximum atomic E-state index is 11.8. The Balaban J connectivity index is 2.38. The molecule has 1 aromatic rings. The van der Waals surface area contributed by atoms with Gasteiger partial charge in [0.15, 0.2) is 0 Å². The Labute approximate surface area is 104 Å². The zero-order chi connectivity index (χ0) is 13.3. The summed E-state index contributed by atoms with van der Waals surface area (Å²) >= 11 is 0. The Morgan fingerprint density at radius 2 is 2.28 bits per heavy atom. The first-order chi connectivity index (χ1) is 8.58. The van der Waals surface area contributed by atoms with Gasteiger partial charge < -0.3 is 9.84 Å². The van der Waals surface area contributed by atoms with Gasteiger partial charge in [-0.15, -0.1) is 0 Å². The monoisotopic (exact) mass is 254 g/mol. The number of ether oxygens (including phenoxy) is 1. The third-order valence-corrected chi connectivity index (χ3v) is 3.75. The Morgan fingerprint density at radius 3 is 2.83 bits per heavy atom. The molecule has 0 bridgehead atoms. The van der Waals surface area contributed by atoms with E-state index in [2.05, 4.69) is 4.98 Å². The summed E-state index contributed by atoms with van der Waals surface area (Å²) < 4.78 is 6.74. The lowest BCUT2D eigenvalue weighted by atomic mass is 10.0. The van der Waals surface area contributed by atoms with E-state index >= 15 is 0 Å². The first-order valence-corrected chi connectivity index (χ1v) is 6.10. The van der Waals surface area contributed by atoms with Gasteiger partial charge in [-0.3, -0.25) is 14.3 Å². The maximum Gasteiger partial charge on any atom is 0.328 e. The summed E-state index contributed by atoms with van der Waals surface area (Å²) in [5.41, 5.74) is -0.880. The Bertz CT molecular complexity index is 521. The average Bonchev–Trinajstić information content (AvgIpc) is 2.65. The highest BCUT2D eigenvalue weighted by Gasteiger charge is 2.43. The van der Waals surface area contributed by atoms with Crippen molar-refractivity contribution >= 4 is 0 Å². The molecule has 1 aliphatic rings. The average molecular weight is 254 g/mol. The van der Waals surface area contributed by atoms with Crippen LogP contribution in [-0.4, -0.2) is 34.0 Å². The minimum absolute atomic E-state index is 0.110. The summed E-state index contributed by atoms with van der Waals surface area (Å²) in [6.07, 6.45) is 1.96. The van der Waals surface area contributed by atoms with Crippen molar-refractivity contribution in [1.82, 2.24) is 9.55 Å². The number of rotatable bonds is 3. The van der Waals surface area contributed by atoms with Crippen LogP contribution in [0.15, 0.2) is 21.9 Å². The van der Waals surface area contributed by atoms with Crippen LogP contribution in [0, 0.1) is 5.92 Å². The first kappa shape index (κ1) is 13.0. The Morgan fingerprint density at radius 1 is 1.56 bits per heavy atom. The fourth-order valence-corrected chi connectivity index (χ4v) is 2.74. The normalized spacial score (nSPS) is 31.7. The van der Waals surface area contributed by atoms with Crippen LogP contribution in [-0.2, 0) is 4.74 Å². The summed E-state index contributed by atoms with van der Waals surface area (Å²) in [4.78, 5) is 25.0. The minimum Gasteiger partial charge on any atom is -0.390 e. The lowest BCUT2D eigenvalue weighted by Gasteiger charge is -2.22. The van der Waals surface area contributed by atoms with Crippen LogP contribution in [0.5, 0.6) is 0 Å². The van der Waals surface area contributed by atoms with Gasteiger partial charge in [0.25, 0.3) is 5.56 Å². The number of aromatic amines is 1. The predicted molar refractivity (Wildman–Crippen MR) is 65.6 cm³/mol. The van der Waals surface area contributed by atoms with E-state index in [0.717, 1.165) is 6.42 Å². The lowest BCUT2D eigenvalue weighted by Crippen LogP contribution is -2.37. The first-order valence-electron chi connectivity index (χ1n) is 6.10. The van der Waals surface area contributed by atoms with E-state index in [1.54, 1.807) is 0 Å². The molecule has 0 radical (unpaired) electrons. The molecule has 0 spiro atoms. The molecule has 18 heavy (non-hydrogen) atoms. The van der Waals surface area contributed by atoms with E-state index in [9.17, 15) is 14.7 Å². The molecule has 2 rings (SSSR count). The number of hydrogen-bond donors (Lipinski definition) is 2. The number of aliphatic hydroxyl groups is 1. The van der Waals surface area contributed by atoms with Crippen molar-refractivity contribution in [3.05, 3.63) is 33.1 Å². The van der Waals surface area contributed by atoms with E-state index in [1.807, 2.05) is 6.92 Å². The Kier molecular flexibility index (Phi) is 3.68. The molecule has 6 heteroatoms. The zero-order valence-corrected chi connectivity index (χ0v) is 10.5. The van der Waals surface area contributed by atoms with Crippen LogP contribution in [0.1, 0.15) is 25.8 Å². The van der Waals surface area contributed by atoms with Gasteiger partial charge in [0.05, 0.1) is 12.1 Å². The SMILES string of the molecule is CC[C@H]1C[C@@H](n2ccc(=O)[nH]c2=O)[C@H](OC)[C@@H]1O. The van der Waals surface area contributed by atoms with Gasteiger partial charge in [0.2, 0.25) is 0 Å². The van der Waals surface area contributed by atoms with Crippen molar-refractivity contribution < 1.29 is 9.84 Å². The van der Waals surface area contributed by atoms with Crippen molar-refractivity contribution in [1.29, 1.82) is 0 Å². The van der Waals surface area contributed by atoms with Gasteiger partial charge in [0, 0.05) is 19.4 Å². The van der Waals surface area contributed by atoms with Crippen molar-refractivity contribution in [2.24, 2.45) is 5.92 Å². The van der Waals surface area contributed by atoms with Gasteiger partial charge in [-0.2, -0.15) is 0 Å². The summed E-state index contributed by atoms with van der Waals surface area (Å²) in [5.74, 6) is 0.110. The standard InChI is InChI=1S/C12H18N2O4/c1-3-7-6-8(11(18-2)10(7)16)14-5-4-9(15)13-12(14)17/h4-5,7-8,10-11,16H,3,6H2,1-2H3,(H,13,15,17)/t7-,8+,10+,11-/m0/s1. The van der Waals surface area contributed by atoms with Crippen LogP contribution in [0.3, 0.4) is 0 Å². The van der Waals surface area contributed by atoms with Crippen LogP contribution in [0.2, 0.25) is 0 Å². The summed E-state index contributed by atoms with van der Waals surface area (Å²) in [6.45, 7) is 2.00. The third kappa shape index (κ3) is 2.13. The molecule has 100 valence electrons. The molecule has 0 amide bonds. The quantitative estimate of drug-likeness (QED) is 0.788. The molecule has 1 fully saturated rings. The molecule has 1 aromatic heterocycles. The molecule has 1 aliphatic carbocycles. The number of methoxy groups -OCH3 is 1. The highest BCUT2D eigenvalue weighted by molar-refractivity contribution is 4.98. The molecule has 2 N–H and O–H groups in total. The molecule has 1 saturated carbocycles. The molecule has 1 heterocycles. The predicted octanol–water partition coefficient (Wildman–Crippen LogP) is -0.117. The van der Waals surface area contributed by atoms with Gasteiger partial charge in [-0.25, -0.2) is 4.79 Å². The van der Waals surface area contributed by atoms with E-state index in [-0.39, 0.29) is 12.0 Å². The molecule has 0 saturated heterocycles. The second-order valence-corrected chi connectivity index (χ2v) is 4.68. The Hall–Kier alpha value is -1.40. The third-order valence-electron chi connectivity index (χ3n) is 3.75. The summed E-state index contributed by atoms with van der Waals surface area (Å²) in [6, 6.07) is 1.07. The fourth-order valence-electron chi connectivity index (χ4n) is 2.74. The number of aromatic nitrogens is 2. The molecule has 4 atom stereocenters. The van der Waals surface area contributed by atoms with Gasteiger partial charge in [-0.05, 0) is 12.3 Å². The van der Waals surface area contributed by atoms with Crippen molar-refractivity contribution in [2.45, 2.75) is 38.0 Å². The number of nitrogens with one attached hydrogen (secondary N) is 1. The number of H-pyrrole nitrogens is 1. The largest absolute Gasteiger partial charge is 0.390 e. The van der Waals surface area contributed by atoms with Crippen LogP contribution in [0.25, 0.3) is 0 Å². The molecular weight excluding hydrogens is 236 g/mol. The molecule has 0 aromatic carbocycles. The molecule has 0 aliphatic heterocycles. The highest BCUT2D eigenvalue weighted by atomic mass is 16.5. The van der Waals surface area contributed by atoms with E-state index in [0.29, 0.717) is 6.42 Å². The van der Waals surface area contributed by atoms with E-state index < -0.39 is 23.5 Å². The van der Waals surface area contributed by atoms with Crippen molar-refractivity contribution in [3.8, 4) is 0 Å². The van der Waals surface area contributed by atoms with Crippen LogP contribution < -0.4 is 11.2 Å². The second-order valence-electron chi connectivity index (χ2n) is 4.68. The van der Waals surface area contributed by atoms with Gasteiger partial charge in [0.1, 0.15) is 6.10 Å². The van der Waals surface area contributed by atoms with E-state index in [1.165, 1.54) is 23.9 Å². The number of aliphatic hydroxyl groups excluding tert-OH is 1. The van der Waals surface area contributed by atoms with Gasteiger partial charge >= 0.3 is 5.69 Å². The number of hydrogen-bond acceptors (Lipinski definition) is 4. The maximum absolute atomic E-state index is 11.8. The summed E-state index contributed by atoms with van der Waals surface area (Å²) in [7, 11) is 1.52. The molecule has 0 unspecified atom stereocenters. The van der Waals surface area contributed by atoms with Crippen LogP contribution >= 0.6 is 0 Å². The molecule has 6 nitrogen and oxygen atoms in total. The molecular formula is C12H18N2O4.